The minimum atomic E-state index is -1.76. The first-order chi connectivity index (χ1) is 63.9. The minimum Gasteiger partial charge on any atom is -0.480 e. The van der Waals surface area contributed by atoms with Crippen LogP contribution in [-0.2, 0) is 87.9 Å². The molecule has 135 heavy (non-hydrogen) atoms. The van der Waals surface area contributed by atoms with Crippen LogP contribution in [0.2, 0.25) is 0 Å². The zero-order chi connectivity index (χ0) is 100. The molecule has 4 saturated heterocycles. The van der Waals surface area contributed by atoms with Crippen LogP contribution in [-0.4, -0.2) is 327 Å². The van der Waals surface area contributed by atoms with E-state index in [1.165, 1.54) is 31.7 Å². The first kappa shape index (κ1) is 113. The number of nitrogens with zero attached hydrogens (tertiary/aromatic N) is 4. The molecule has 0 spiro atoms. The molecule has 1 aromatic carbocycles. The van der Waals surface area contributed by atoms with Gasteiger partial charge in [-0.05, 0) is 119 Å². The molecule has 0 saturated carbocycles. The second-order valence-electron chi connectivity index (χ2n) is 33.7. The average Bonchev–Trinajstić information content (AvgIpc) is 1.51. The van der Waals surface area contributed by atoms with Gasteiger partial charge in [0.05, 0.1) is 26.0 Å². The van der Waals surface area contributed by atoms with E-state index in [-0.39, 0.29) is 170 Å². The zero-order valence-electron chi connectivity index (χ0n) is 76.3. The first-order valence-corrected chi connectivity index (χ1v) is 48.0. The molecule has 4 bridgehead atoms. The van der Waals surface area contributed by atoms with Crippen molar-refractivity contribution in [1.82, 2.24) is 105 Å². The number of nitrogens with two attached hydrogens (primary N) is 7. The van der Waals surface area contributed by atoms with Gasteiger partial charge in [-0.2, -0.15) is 35.3 Å². The van der Waals surface area contributed by atoms with Crippen LogP contribution in [0.4, 0.5) is 4.39 Å². The number of carbonyl (C=O) groups is 17. The summed E-state index contributed by atoms with van der Waals surface area (Å²) in [7, 11) is 0. The van der Waals surface area contributed by atoms with Gasteiger partial charge in [-0.25, -0.2) is 9.18 Å². The quantitative estimate of drug-likeness (QED) is 0.0177. The number of hydrogen-bond acceptors (Lipinski definition) is 26. The molecule has 50 nitrogen and oxygen atoms in total. The largest absolute Gasteiger partial charge is 0.480 e. The average molecular weight is 1960 g/mol. The lowest BCUT2D eigenvalue weighted by Crippen LogP contribution is -2.61. The van der Waals surface area contributed by atoms with Gasteiger partial charge in [0.1, 0.15) is 78.3 Å². The smallest absolute Gasteiger partial charge is 0.326 e. The van der Waals surface area contributed by atoms with Crippen molar-refractivity contribution in [3.05, 3.63) is 35.6 Å². The highest BCUT2D eigenvalue weighted by molar-refractivity contribution is 7.99. The first-order valence-electron chi connectivity index (χ1n) is 44.5. The van der Waals surface area contributed by atoms with Gasteiger partial charge in [0.15, 0.2) is 29.8 Å². The summed E-state index contributed by atoms with van der Waals surface area (Å²) >= 11 is 2.81. The van der Waals surface area contributed by atoms with Crippen molar-refractivity contribution in [3.8, 4) is 0 Å². The number of guanidine groups is 5. The number of aliphatic carboxylic acids is 1. The molecule has 1 aromatic rings. The van der Waals surface area contributed by atoms with Gasteiger partial charge in [0.25, 0.3) is 0 Å². The maximum absolute atomic E-state index is 15.4. The van der Waals surface area contributed by atoms with E-state index in [4.69, 9.17) is 67.2 Å². The van der Waals surface area contributed by atoms with E-state index in [0.29, 0.717) is 0 Å². The van der Waals surface area contributed by atoms with Crippen LogP contribution in [0.25, 0.3) is 0 Å². The lowest BCUT2D eigenvalue weighted by atomic mass is 10.0. The van der Waals surface area contributed by atoms with Crippen molar-refractivity contribution in [3.63, 3.8) is 0 Å². The van der Waals surface area contributed by atoms with Gasteiger partial charge in [-0.3, -0.25) is 104 Å². The molecule has 4 aliphatic heterocycles. The SMILES string of the molecule is CC(C)C[C@@H]1NC(=O)[C@H](CCC(N)=O)NC(=O)[C@H](CCCNC(=N)N)NC(=O)[C@@H]2CSCCC(=O)N3CN(CN(C3)C(=O)CCSC[C@H](NC(=O)[C@@H](N)CCNC(=N)N)C(=O)N[C@@H](Cc3ccc(F)cc3)C(=O)N[C@@H](CCCNC(=N)N)C(=O)N[C@@H](CC(C)C)C(=O)N3CCC[C@H]3C(=O)N2)C(=O)CCSC[C@@H](C(=O)N[C@@H](CCCNC(=N)N)C(=O)O)NC(=O)[C@H](CCCNC(=N)N)NC1=O. The van der Waals surface area contributed by atoms with E-state index in [2.05, 4.69) is 85.1 Å². The van der Waals surface area contributed by atoms with Crippen LogP contribution < -0.4 is 125 Å². The normalized spacial score (nSPS) is 23.2. The van der Waals surface area contributed by atoms with Crippen molar-refractivity contribution < 1.29 is 91.0 Å². The Hall–Kier alpha value is -12.5. The number of thioether (sulfide) groups is 3. The van der Waals surface area contributed by atoms with E-state index < -0.39 is 278 Å². The fraction of sp³-hybridized carbons (Fsp3) is 0.654. The molecule has 4 aliphatic rings. The molecular weight excluding hydrogens is 1820 g/mol. The van der Waals surface area contributed by atoms with Crippen LogP contribution >= 0.6 is 35.3 Å². The molecule has 4 heterocycles. The number of primary amides is 1. The Labute approximate surface area is 793 Å². The Morgan fingerprint density at radius 2 is 0.889 bits per heavy atom. The monoisotopic (exact) mass is 1960 g/mol. The van der Waals surface area contributed by atoms with Crippen molar-refractivity contribution in [2.75, 3.05) is 93.8 Å². The molecule has 752 valence electrons. The Morgan fingerprint density at radius 1 is 0.481 bits per heavy atom. The van der Waals surface area contributed by atoms with Crippen molar-refractivity contribution in [2.24, 2.45) is 52.0 Å². The minimum absolute atomic E-state index is 0.0130. The number of carboxylic acids is 1. The molecule has 4 fully saturated rings. The van der Waals surface area contributed by atoms with Crippen molar-refractivity contribution >= 4 is 166 Å². The second-order valence-corrected chi connectivity index (χ2v) is 37.1. The Bertz CT molecular complexity index is 4320. The van der Waals surface area contributed by atoms with Gasteiger partial charge in [0, 0.05) is 106 Å². The summed E-state index contributed by atoms with van der Waals surface area (Å²) in [5, 5.41) is 90.8. The number of nitrogens with one attached hydrogen (secondary N) is 21. The van der Waals surface area contributed by atoms with E-state index in [0.717, 1.165) is 47.4 Å². The van der Waals surface area contributed by atoms with Crippen molar-refractivity contribution in [1.29, 1.82) is 27.0 Å². The standard InChI is InChI=1S/C81H135FN32O18S3/c1-43(2)34-53-69(124)100-50(12-7-27-97-79(89)90)67(122)109-57(72(127)104-52(76(131)132)13-8-28-98-80(91)92)38-134-32-23-62(117)112-40-111-41-113(42-112)63(118)24-33-135-39-58(71(126)102-48(10-5-25-95-77(85)86)65(120)103-51(68(123)105-53)19-20-60(84)115)110-74(129)59-14-9-30-114(59)75(130)55(35-44(3)4)107-66(121)49(11-6-26-96-78(87)88)101-70(125)54(36-45-15-17-46(82)18-16-45)106-73(128)56(37-133-31-22-61(111)116)108-64(119)47(83)21-29-99-81(93)94/h15-18,43-44,47-59H,5-14,19-42,83H2,1-4H3,(H2,84,115)(H,100,124)(H,101,125)(H,102,126)(H,103,120)(H,104,127)(H,105,123)(H,106,128)(H,107,121)(H,108,119)(H,109,122)(H,110,129)(H,131,132)(H4,85,86,95)(H4,87,88,96)(H4,89,90,97)(H4,91,92,98)(H4,93,94,99)/t47-,48-,49-,50-,51-,52-,53-,54-,55-,56-,57-,58-,59-/m0/s1. The van der Waals surface area contributed by atoms with Crippen LogP contribution in [0.1, 0.15) is 149 Å². The molecule has 0 unspecified atom stereocenters. The van der Waals surface area contributed by atoms with E-state index >= 15 is 33.6 Å². The fourth-order valence-corrected chi connectivity index (χ4v) is 17.4. The van der Waals surface area contributed by atoms with Crippen LogP contribution in [0.15, 0.2) is 24.3 Å². The maximum atomic E-state index is 15.4. The van der Waals surface area contributed by atoms with Gasteiger partial charge < -0.3 is 150 Å². The number of carbonyl (C=O) groups excluding carboxylic acids is 16. The zero-order valence-corrected chi connectivity index (χ0v) is 78.8. The topological polar surface area (TPSA) is 817 Å². The molecule has 36 N–H and O–H groups in total. The summed E-state index contributed by atoms with van der Waals surface area (Å²) in [6, 6.07) is -15.8. The van der Waals surface area contributed by atoms with E-state index in [1.54, 1.807) is 27.7 Å². The highest BCUT2D eigenvalue weighted by Crippen LogP contribution is 2.24. The van der Waals surface area contributed by atoms with Gasteiger partial charge in [-0.1, -0.05) is 39.8 Å². The molecular formula is C81H135FN32O18S3. The third-order valence-corrected chi connectivity index (χ3v) is 24.8. The second kappa shape index (κ2) is 58.6. The van der Waals surface area contributed by atoms with Gasteiger partial charge in [-0.15, -0.1) is 0 Å². The summed E-state index contributed by atoms with van der Waals surface area (Å²) in [5.41, 5.74) is 40.0. The summed E-state index contributed by atoms with van der Waals surface area (Å²) < 4.78 is 14.6. The van der Waals surface area contributed by atoms with E-state index in [1.807, 2.05) is 0 Å². The molecule has 5 rings (SSSR count). The predicted molar refractivity (Wildman–Crippen MR) is 501 cm³/mol. The number of rotatable bonds is 33. The molecule has 0 aliphatic carbocycles. The van der Waals surface area contributed by atoms with Crippen LogP contribution in [0, 0.1) is 44.7 Å². The number of halogens is 1. The molecule has 13 atom stereocenters. The van der Waals surface area contributed by atoms with Gasteiger partial charge >= 0.3 is 5.97 Å². The lowest BCUT2D eigenvalue weighted by molar-refractivity contribution is -0.158. The third kappa shape index (κ3) is 41.9. The highest BCUT2D eigenvalue weighted by Gasteiger charge is 2.43. The summed E-state index contributed by atoms with van der Waals surface area (Å²) in [4.78, 5) is 254. The van der Waals surface area contributed by atoms with Crippen LogP contribution in [0.3, 0.4) is 0 Å². The number of fused-ring (bicyclic) bond motifs is 8. The third-order valence-electron chi connectivity index (χ3n) is 21.6. The Kier molecular flexibility index (Phi) is 49.1. The highest BCUT2D eigenvalue weighted by atomic mass is 32.2. The Morgan fingerprint density at radius 3 is 1.36 bits per heavy atom. The summed E-state index contributed by atoms with van der Waals surface area (Å²) in [5.74, 6) is -21.7. The Balaban J connectivity index is 1.76. The predicted octanol–water partition coefficient (Wildman–Crippen LogP) is -7.84. The van der Waals surface area contributed by atoms with Gasteiger partial charge in [0.2, 0.25) is 94.5 Å². The summed E-state index contributed by atoms with van der Waals surface area (Å²) in [6.07, 6.45) is -3.88. The fourth-order valence-electron chi connectivity index (χ4n) is 14.5. The number of benzene rings is 1. The van der Waals surface area contributed by atoms with E-state index in [9.17, 15) is 57.4 Å². The summed E-state index contributed by atoms with van der Waals surface area (Å²) in [6.45, 7) is 5.21. The van der Waals surface area contributed by atoms with Crippen molar-refractivity contribution in [2.45, 2.75) is 228 Å². The number of carboxylic acid groups (broad SMARTS) is 1. The molecule has 54 heteroatoms. The lowest BCUT2D eigenvalue weighted by Gasteiger charge is -2.42. The number of hydrogen-bond donors (Lipinski definition) is 29. The van der Waals surface area contributed by atoms with Crippen LogP contribution in [0.5, 0.6) is 0 Å². The maximum Gasteiger partial charge on any atom is 0.326 e. The molecule has 0 aromatic heterocycles. The molecule has 16 amide bonds. The molecule has 0 radical (unpaired) electrons. The number of amides is 16.